The lowest BCUT2D eigenvalue weighted by molar-refractivity contribution is 0.0282. The van der Waals surface area contributed by atoms with Crippen LogP contribution in [-0.2, 0) is 13.0 Å². The van der Waals surface area contributed by atoms with Crippen LogP contribution in [0.25, 0.3) is 0 Å². The van der Waals surface area contributed by atoms with Gasteiger partial charge in [0.1, 0.15) is 4.88 Å². The SMILES string of the molecule is CCc1ncc(C(=O)N(Cc2ccccc2)CC(C)(C)O)s1. The van der Waals surface area contributed by atoms with Crippen LogP contribution in [0.3, 0.4) is 0 Å². The minimum absolute atomic E-state index is 0.0804. The Morgan fingerprint density at radius 2 is 2.00 bits per heavy atom. The predicted octanol–water partition coefficient (Wildman–Crippen LogP) is 3.12. The van der Waals surface area contributed by atoms with Gasteiger partial charge < -0.3 is 10.0 Å². The largest absolute Gasteiger partial charge is 0.389 e. The lowest BCUT2D eigenvalue weighted by Crippen LogP contribution is -2.41. The van der Waals surface area contributed by atoms with Crippen molar-refractivity contribution < 1.29 is 9.90 Å². The van der Waals surface area contributed by atoms with E-state index in [0.29, 0.717) is 11.4 Å². The number of aliphatic hydroxyl groups is 1. The topological polar surface area (TPSA) is 53.4 Å². The third-order valence-corrected chi connectivity index (χ3v) is 4.28. The second-order valence-corrected chi connectivity index (χ2v) is 7.05. The zero-order chi connectivity index (χ0) is 16.2. The normalized spacial score (nSPS) is 11.5. The number of thiazole rings is 1. The van der Waals surface area contributed by atoms with Crippen molar-refractivity contribution >= 4 is 17.2 Å². The molecular formula is C17H22N2O2S. The van der Waals surface area contributed by atoms with E-state index in [1.165, 1.54) is 11.3 Å². The Hall–Kier alpha value is -1.72. The Labute approximate surface area is 135 Å². The zero-order valence-corrected chi connectivity index (χ0v) is 14.1. The molecule has 1 heterocycles. The molecule has 118 valence electrons. The Morgan fingerprint density at radius 3 is 2.55 bits per heavy atom. The first-order valence-corrected chi connectivity index (χ1v) is 8.21. The number of carbonyl (C=O) groups is 1. The second-order valence-electron chi connectivity index (χ2n) is 5.93. The zero-order valence-electron chi connectivity index (χ0n) is 13.2. The molecule has 1 N–H and O–H groups in total. The van der Waals surface area contributed by atoms with Crippen LogP contribution in [0.4, 0.5) is 0 Å². The number of aromatic nitrogens is 1. The van der Waals surface area contributed by atoms with Gasteiger partial charge in [-0.25, -0.2) is 4.98 Å². The lowest BCUT2D eigenvalue weighted by atomic mass is 10.1. The maximum absolute atomic E-state index is 12.7. The first-order chi connectivity index (χ1) is 10.4. The van der Waals surface area contributed by atoms with Crippen molar-refractivity contribution in [2.24, 2.45) is 0 Å². The summed E-state index contributed by atoms with van der Waals surface area (Å²) in [6.45, 7) is 6.19. The highest BCUT2D eigenvalue weighted by atomic mass is 32.1. The molecule has 0 spiro atoms. The van der Waals surface area contributed by atoms with Gasteiger partial charge in [0, 0.05) is 13.1 Å². The van der Waals surface area contributed by atoms with Gasteiger partial charge in [0.25, 0.3) is 5.91 Å². The predicted molar refractivity (Wildman–Crippen MR) is 89.0 cm³/mol. The van der Waals surface area contributed by atoms with Gasteiger partial charge in [-0.1, -0.05) is 37.3 Å². The monoisotopic (exact) mass is 318 g/mol. The summed E-state index contributed by atoms with van der Waals surface area (Å²) in [5.41, 5.74) is 0.100. The Bertz CT molecular complexity index is 617. The summed E-state index contributed by atoms with van der Waals surface area (Å²) in [5, 5.41) is 11.1. The molecule has 0 saturated heterocycles. The van der Waals surface area contributed by atoms with Crippen molar-refractivity contribution in [2.45, 2.75) is 39.3 Å². The van der Waals surface area contributed by atoms with E-state index < -0.39 is 5.60 Å². The van der Waals surface area contributed by atoms with E-state index in [0.717, 1.165) is 17.0 Å². The van der Waals surface area contributed by atoms with Crippen LogP contribution < -0.4 is 0 Å². The number of aryl methyl sites for hydroxylation is 1. The summed E-state index contributed by atoms with van der Waals surface area (Å²) >= 11 is 1.42. The van der Waals surface area contributed by atoms with Gasteiger partial charge in [-0.2, -0.15) is 0 Å². The quantitative estimate of drug-likeness (QED) is 0.890. The van der Waals surface area contributed by atoms with Gasteiger partial charge in [0.2, 0.25) is 0 Å². The highest BCUT2D eigenvalue weighted by molar-refractivity contribution is 7.13. The molecule has 5 heteroatoms. The molecule has 0 radical (unpaired) electrons. The van der Waals surface area contributed by atoms with Gasteiger partial charge in [0.15, 0.2) is 0 Å². The standard InChI is InChI=1S/C17H22N2O2S/c1-4-15-18-10-14(22-15)16(20)19(12-17(2,3)21)11-13-8-6-5-7-9-13/h5-10,21H,4,11-12H2,1-3H3. The average Bonchev–Trinajstić information content (AvgIpc) is 2.94. The molecule has 0 saturated carbocycles. The average molecular weight is 318 g/mol. The maximum atomic E-state index is 12.7. The van der Waals surface area contributed by atoms with Gasteiger partial charge >= 0.3 is 0 Å². The van der Waals surface area contributed by atoms with Crippen molar-refractivity contribution in [1.82, 2.24) is 9.88 Å². The van der Waals surface area contributed by atoms with Gasteiger partial charge in [0.05, 0.1) is 16.8 Å². The Balaban J connectivity index is 2.21. The molecule has 0 aliphatic heterocycles. The van der Waals surface area contributed by atoms with E-state index in [4.69, 9.17) is 0 Å². The number of rotatable bonds is 6. The van der Waals surface area contributed by atoms with Crippen molar-refractivity contribution in [3.8, 4) is 0 Å². The van der Waals surface area contributed by atoms with Crippen molar-refractivity contribution in [1.29, 1.82) is 0 Å². The number of nitrogens with zero attached hydrogens (tertiary/aromatic N) is 2. The third kappa shape index (κ3) is 4.64. The van der Waals surface area contributed by atoms with E-state index in [1.807, 2.05) is 37.3 Å². The first kappa shape index (κ1) is 16.6. The van der Waals surface area contributed by atoms with Crippen molar-refractivity contribution in [3.63, 3.8) is 0 Å². The number of carbonyl (C=O) groups excluding carboxylic acids is 1. The molecule has 0 fully saturated rings. The van der Waals surface area contributed by atoms with E-state index in [1.54, 1.807) is 24.9 Å². The van der Waals surface area contributed by atoms with Crippen LogP contribution in [0.2, 0.25) is 0 Å². The van der Waals surface area contributed by atoms with Crippen LogP contribution in [0.1, 0.15) is 41.0 Å². The summed E-state index contributed by atoms with van der Waals surface area (Å²) in [6.07, 6.45) is 2.45. The smallest absolute Gasteiger partial charge is 0.265 e. The van der Waals surface area contributed by atoms with Crippen LogP contribution in [0.5, 0.6) is 0 Å². The minimum atomic E-state index is -0.942. The fourth-order valence-electron chi connectivity index (χ4n) is 2.20. The van der Waals surface area contributed by atoms with E-state index in [9.17, 15) is 9.90 Å². The lowest BCUT2D eigenvalue weighted by Gasteiger charge is -2.29. The number of hydrogen-bond acceptors (Lipinski definition) is 4. The van der Waals surface area contributed by atoms with E-state index in [2.05, 4.69) is 4.98 Å². The number of amides is 1. The van der Waals surface area contributed by atoms with Crippen LogP contribution in [0.15, 0.2) is 36.5 Å². The summed E-state index contributed by atoms with van der Waals surface area (Å²) < 4.78 is 0. The van der Waals surface area contributed by atoms with Gasteiger partial charge in [-0.15, -0.1) is 11.3 Å². The van der Waals surface area contributed by atoms with Crippen LogP contribution in [0, 0.1) is 0 Å². The fraction of sp³-hybridized carbons (Fsp3) is 0.412. The van der Waals surface area contributed by atoms with Crippen LogP contribution >= 0.6 is 11.3 Å². The Morgan fingerprint density at radius 1 is 1.32 bits per heavy atom. The summed E-state index contributed by atoms with van der Waals surface area (Å²) in [4.78, 5) is 19.3. The van der Waals surface area contributed by atoms with E-state index in [-0.39, 0.29) is 12.5 Å². The minimum Gasteiger partial charge on any atom is -0.389 e. The number of hydrogen-bond donors (Lipinski definition) is 1. The summed E-state index contributed by atoms with van der Waals surface area (Å²) in [7, 11) is 0. The second kappa shape index (κ2) is 7.03. The molecule has 0 atom stereocenters. The molecule has 2 rings (SSSR count). The molecule has 4 nitrogen and oxygen atoms in total. The molecule has 1 amide bonds. The van der Waals surface area contributed by atoms with Crippen molar-refractivity contribution in [2.75, 3.05) is 6.54 Å². The van der Waals surface area contributed by atoms with Crippen LogP contribution in [-0.4, -0.2) is 33.0 Å². The molecule has 0 aliphatic rings. The van der Waals surface area contributed by atoms with Crippen molar-refractivity contribution in [3.05, 3.63) is 52.0 Å². The summed E-state index contributed by atoms with van der Waals surface area (Å²) in [6, 6.07) is 9.81. The molecular weight excluding hydrogens is 296 g/mol. The maximum Gasteiger partial charge on any atom is 0.265 e. The van der Waals surface area contributed by atoms with Gasteiger partial charge in [-0.3, -0.25) is 4.79 Å². The van der Waals surface area contributed by atoms with Gasteiger partial charge in [-0.05, 0) is 25.8 Å². The van der Waals surface area contributed by atoms with E-state index >= 15 is 0 Å². The number of benzene rings is 1. The molecule has 0 aliphatic carbocycles. The fourth-order valence-corrected chi connectivity index (χ4v) is 3.02. The first-order valence-electron chi connectivity index (χ1n) is 7.39. The highest BCUT2D eigenvalue weighted by Gasteiger charge is 2.25. The summed E-state index contributed by atoms with van der Waals surface area (Å²) in [5.74, 6) is -0.0804. The molecule has 22 heavy (non-hydrogen) atoms. The third-order valence-electron chi connectivity index (χ3n) is 3.15. The molecule has 1 aromatic carbocycles. The molecule has 2 aromatic rings. The highest BCUT2D eigenvalue weighted by Crippen LogP contribution is 2.19. The molecule has 0 bridgehead atoms. The molecule has 1 aromatic heterocycles. The Kier molecular flexibility index (Phi) is 5.32. The molecule has 0 unspecified atom stereocenters.